The number of rotatable bonds is 7. The van der Waals surface area contributed by atoms with Gasteiger partial charge in [0.1, 0.15) is 18.0 Å². The van der Waals surface area contributed by atoms with E-state index in [4.69, 9.17) is 4.74 Å². The van der Waals surface area contributed by atoms with E-state index in [1.54, 1.807) is 13.4 Å². The third-order valence-electron chi connectivity index (χ3n) is 3.71. The monoisotopic (exact) mass is 278 g/mol. The van der Waals surface area contributed by atoms with Crippen molar-refractivity contribution in [2.75, 3.05) is 30.9 Å². The zero-order valence-electron chi connectivity index (χ0n) is 12.4. The summed E-state index contributed by atoms with van der Waals surface area (Å²) in [6.45, 7) is 1.64. The van der Waals surface area contributed by atoms with Gasteiger partial charge in [-0.3, -0.25) is 0 Å². The summed E-state index contributed by atoms with van der Waals surface area (Å²) in [6, 6.07) is 2.56. The van der Waals surface area contributed by atoms with Gasteiger partial charge in [-0.15, -0.1) is 0 Å². The topological polar surface area (TPSA) is 59.1 Å². The molecule has 1 heterocycles. The first-order valence-electron chi connectivity index (χ1n) is 7.70. The summed E-state index contributed by atoms with van der Waals surface area (Å²) >= 11 is 0. The fraction of sp³-hybridized carbons (Fsp3) is 0.733. The van der Waals surface area contributed by atoms with Gasteiger partial charge in [0.2, 0.25) is 0 Å². The first-order chi connectivity index (χ1) is 9.88. The number of anilines is 2. The Morgan fingerprint density at radius 1 is 1.15 bits per heavy atom. The van der Waals surface area contributed by atoms with Crippen molar-refractivity contribution in [3.63, 3.8) is 0 Å². The lowest BCUT2D eigenvalue weighted by Crippen LogP contribution is -2.19. The molecule has 2 rings (SSSR count). The minimum Gasteiger partial charge on any atom is -0.385 e. The van der Waals surface area contributed by atoms with Crippen LogP contribution in [0.25, 0.3) is 0 Å². The van der Waals surface area contributed by atoms with Gasteiger partial charge < -0.3 is 15.4 Å². The van der Waals surface area contributed by atoms with Gasteiger partial charge >= 0.3 is 0 Å². The van der Waals surface area contributed by atoms with Crippen molar-refractivity contribution in [2.24, 2.45) is 0 Å². The molecule has 1 aromatic heterocycles. The molecule has 1 fully saturated rings. The molecule has 0 aliphatic heterocycles. The van der Waals surface area contributed by atoms with Crippen molar-refractivity contribution < 1.29 is 4.74 Å². The Hall–Kier alpha value is -1.36. The summed E-state index contributed by atoms with van der Waals surface area (Å²) in [7, 11) is 1.72. The van der Waals surface area contributed by atoms with Crippen LogP contribution in [-0.4, -0.2) is 36.3 Å². The minimum atomic E-state index is 0.564. The van der Waals surface area contributed by atoms with Crippen LogP contribution in [0.2, 0.25) is 0 Å². The molecule has 1 aliphatic carbocycles. The Balaban J connectivity index is 1.81. The van der Waals surface area contributed by atoms with Crippen LogP contribution in [0.1, 0.15) is 44.9 Å². The molecule has 0 spiro atoms. The molecule has 20 heavy (non-hydrogen) atoms. The van der Waals surface area contributed by atoms with E-state index < -0.39 is 0 Å². The first kappa shape index (κ1) is 15.0. The highest BCUT2D eigenvalue weighted by molar-refractivity contribution is 5.46. The Labute approximate surface area is 121 Å². The Bertz CT molecular complexity index is 378. The van der Waals surface area contributed by atoms with E-state index in [2.05, 4.69) is 20.6 Å². The van der Waals surface area contributed by atoms with Crippen LogP contribution in [-0.2, 0) is 4.74 Å². The molecule has 1 aromatic rings. The molecule has 2 N–H and O–H groups in total. The van der Waals surface area contributed by atoms with Crippen LogP contribution in [0.5, 0.6) is 0 Å². The molecule has 5 nitrogen and oxygen atoms in total. The Morgan fingerprint density at radius 3 is 2.65 bits per heavy atom. The van der Waals surface area contributed by atoms with Crippen molar-refractivity contribution in [3.8, 4) is 0 Å². The van der Waals surface area contributed by atoms with E-state index >= 15 is 0 Å². The highest BCUT2D eigenvalue weighted by Crippen LogP contribution is 2.20. The molecule has 0 unspecified atom stereocenters. The number of ether oxygens (including phenoxy) is 1. The number of hydrogen-bond acceptors (Lipinski definition) is 5. The summed E-state index contributed by atoms with van der Waals surface area (Å²) in [4.78, 5) is 8.57. The zero-order chi connectivity index (χ0) is 14.0. The second kappa shape index (κ2) is 8.74. The number of methoxy groups -OCH3 is 1. The van der Waals surface area contributed by atoms with Crippen molar-refractivity contribution >= 4 is 11.6 Å². The molecule has 0 amide bonds. The van der Waals surface area contributed by atoms with Crippen molar-refractivity contribution in [1.82, 2.24) is 9.97 Å². The number of hydrogen-bond donors (Lipinski definition) is 2. The van der Waals surface area contributed by atoms with Crippen LogP contribution in [0.4, 0.5) is 11.6 Å². The lowest BCUT2D eigenvalue weighted by Gasteiger charge is -2.17. The number of nitrogens with one attached hydrogen (secondary N) is 2. The summed E-state index contributed by atoms with van der Waals surface area (Å²) in [5, 5.41) is 6.85. The van der Waals surface area contributed by atoms with Crippen LogP contribution < -0.4 is 10.6 Å². The van der Waals surface area contributed by atoms with Gasteiger partial charge in [0, 0.05) is 32.4 Å². The molecule has 0 saturated heterocycles. The van der Waals surface area contributed by atoms with Crippen molar-refractivity contribution in [2.45, 2.75) is 51.0 Å². The number of nitrogens with zero attached hydrogens (tertiary/aromatic N) is 2. The molecule has 0 radical (unpaired) electrons. The Morgan fingerprint density at radius 2 is 1.90 bits per heavy atom. The zero-order valence-corrected chi connectivity index (χ0v) is 12.4. The van der Waals surface area contributed by atoms with Gasteiger partial charge in [-0.25, -0.2) is 9.97 Å². The fourth-order valence-corrected chi connectivity index (χ4v) is 2.60. The largest absolute Gasteiger partial charge is 0.385 e. The summed E-state index contributed by atoms with van der Waals surface area (Å²) in [5.74, 6) is 1.81. The average Bonchev–Trinajstić information content (AvgIpc) is 2.73. The number of aromatic nitrogens is 2. The van der Waals surface area contributed by atoms with E-state index in [0.717, 1.165) is 31.2 Å². The van der Waals surface area contributed by atoms with E-state index in [9.17, 15) is 0 Å². The van der Waals surface area contributed by atoms with Crippen molar-refractivity contribution in [3.05, 3.63) is 12.4 Å². The van der Waals surface area contributed by atoms with E-state index in [-0.39, 0.29) is 0 Å². The SMILES string of the molecule is COCCCNc1cc(NC2CCCCCC2)ncn1. The molecule has 1 saturated carbocycles. The molecule has 5 heteroatoms. The summed E-state index contributed by atoms with van der Waals surface area (Å²) in [5.41, 5.74) is 0. The molecular weight excluding hydrogens is 252 g/mol. The maximum Gasteiger partial charge on any atom is 0.131 e. The van der Waals surface area contributed by atoms with Crippen molar-refractivity contribution in [1.29, 1.82) is 0 Å². The lowest BCUT2D eigenvalue weighted by molar-refractivity contribution is 0.198. The van der Waals surface area contributed by atoms with Crippen LogP contribution in [0.15, 0.2) is 12.4 Å². The fourth-order valence-electron chi connectivity index (χ4n) is 2.60. The van der Waals surface area contributed by atoms with Gasteiger partial charge in [0.05, 0.1) is 0 Å². The summed E-state index contributed by atoms with van der Waals surface area (Å²) in [6.07, 6.45) is 10.5. The highest BCUT2D eigenvalue weighted by Gasteiger charge is 2.12. The van der Waals surface area contributed by atoms with Gasteiger partial charge in [-0.05, 0) is 19.3 Å². The molecule has 0 atom stereocenters. The Kier molecular flexibility index (Phi) is 6.57. The van der Waals surface area contributed by atoms with Crippen LogP contribution in [0.3, 0.4) is 0 Å². The standard InChI is InChI=1S/C15H26N4O/c1-20-10-6-9-16-14-11-15(18-12-17-14)19-13-7-4-2-3-5-8-13/h11-13H,2-10H2,1H3,(H2,16,17,18,19). The molecule has 0 bridgehead atoms. The first-order valence-corrected chi connectivity index (χ1v) is 7.70. The molecule has 0 aromatic carbocycles. The van der Waals surface area contributed by atoms with E-state index in [1.807, 2.05) is 6.07 Å². The maximum atomic E-state index is 5.03. The minimum absolute atomic E-state index is 0.564. The van der Waals surface area contributed by atoms with Gasteiger partial charge in [0.25, 0.3) is 0 Å². The molecule has 112 valence electrons. The third kappa shape index (κ3) is 5.33. The quantitative estimate of drug-likeness (QED) is 0.593. The lowest BCUT2D eigenvalue weighted by atomic mass is 10.1. The highest BCUT2D eigenvalue weighted by atomic mass is 16.5. The molecule has 1 aliphatic rings. The predicted octanol–water partition coefficient (Wildman–Crippen LogP) is 3.06. The third-order valence-corrected chi connectivity index (χ3v) is 3.71. The van der Waals surface area contributed by atoms with Gasteiger partial charge in [0.15, 0.2) is 0 Å². The smallest absolute Gasteiger partial charge is 0.131 e. The molecular formula is C15H26N4O. The van der Waals surface area contributed by atoms with E-state index in [0.29, 0.717) is 6.04 Å². The maximum absolute atomic E-state index is 5.03. The average molecular weight is 278 g/mol. The van der Waals surface area contributed by atoms with Crippen LogP contribution in [0, 0.1) is 0 Å². The van der Waals surface area contributed by atoms with Gasteiger partial charge in [-0.2, -0.15) is 0 Å². The summed E-state index contributed by atoms with van der Waals surface area (Å²) < 4.78 is 5.03. The van der Waals surface area contributed by atoms with E-state index in [1.165, 1.54) is 38.5 Å². The second-order valence-electron chi connectivity index (χ2n) is 5.39. The second-order valence-corrected chi connectivity index (χ2v) is 5.39. The van der Waals surface area contributed by atoms with Gasteiger partial charge in [-0.1, -0.05) is 25.7 Å². The van der Waals surface area contributed by atoms with Crippen LogP contribution >= 0.6 is 0 Å². The predicted molar refractivity (Wildman–Crippen MR) is 82.1 cm³/mol. The normalized spacial score (nSPS) is 16.6.